The third-order valence-corrected chi connectivity index (χ3v) is 7.28. The fourth-order valence-electron chi connectivity index (χ4n) is 3.14. The highest BCUT2D eigenvalue weighted by Crippen LogP contribution is 2.37. The van der Waals surface area contributed by atoms with Crippen LogP contribution in [-0.4, -0.2) is 42.9 Å². The molecule has 4 nitrogen and oxygen atoms in total. The molecule has 102 valence electrons. The van der Waals surface area contributed by atoms with Crippen LogP contribution in [0.5, 0.6) is 0 Å². The van der Waals surface area contributed by atoms with Crippen molar-refractivity contribution in [3.8, 4) is 0 Å². The minimum Gasteiger partial charge on any atom is -0.359 e. The molecule has 18 heavy (non-hydrogen) atoms. The molecule has 0 amide bonds. The predicted octanol–water partition coefficient (Wildman–Crippen LogP) is 1.43. The molecule has 0 radical (unpaired) electrons. The number of hydrogen-bond donors (Lipinski definition) is 1. The minimum atomic E-state index is -2.76. The van der Waals surface area contributed by atoms with Crippen molar-refractivity contribution in [1.82, 2.24) is 5.32 Å². The van der Waals surface area contributed by atoms with Gasteiger partial charge in [0.2, 0.25) is 0 Å². The average Bonchev–Trinajstić information content (AvgIpc) is 3.00. The highest BCUT2D eigenvalue weighted by atomic mass is 32.2. The van der Waals surface area contributed by atoms with Crippen molar-refractivity contribution in [3.63, 3.8) is 0 Å². The van der Waals surface area contributed by atoms with E-state index in [-0.39, 0.29) is 5.92 Å². The van der Waals surface area contributed by atoms with Gasteiger partial charge >= 0.3 is 0 Å². The first-order chi connectivity index (χ1) is 8.57. The van der Waals surface area contributed by atoms with Gasteiger partial charge in [0.1, 0.15) is 0 Å². The summed E-state index contributed by atoms with van der Waals surface area (Å²) >= 11 is 1.81. The predicted molar refractivity (Wildman–Crippen MR) is 75.9 cm³/mol. The summed E-state index contributed by atoms with van der Waals surface area (Å²) in [5.74, 6) is 2.06. The van der Waals surface area contributed by atoms with Crippen molar-refractivity contribution in [2.45, 2.75) is 37.6 Å². The summed E-state index contributed by atoms with van der Waals surface area (Å²) in [6, 6.07) is 0. The monoisotopic (exact) mass is 288 g/mol. The van der Waals surface area contributed by atoms with Gasteiger partial charge in [-0.05, 0) is 25.2 Å². The van der Waals surface area contributed by atoms with Crippen molar-refractivity contribution < 1.29 is 8.42 Å². The molecule has 1 unspecified atom stereocenters. The molecule has 3 aliphatic rings. The number of amidine groups is 1. The lowest BCUT2D eigenvalue weighted by molar-refractivity contribution is 0.452. The number of aliphatic imine (C=N–C) groups is 1. The molecule has 2 saturated heterocycles. The van der Waals surface area contributed by atoms with Crippen LogP contribution in [0, 0.1) is 5.92 Å². The summed E-state index contributed by atoms with van der Waals surface area (Å²) < 4.78 is 22.7. The van der Waals surface area contributed by atoms with Crippen LogP contribution in [0.2, 0.25) is 0 Å². The molecule has 3 rings (SSSR count). The Bertz CT molecular complexity index is 453. The van der Waals surface area contributed by atoms with E-state index < -0.39 is 9.84 Å². The molecule has 6 heteroatoms. The van der Waals surface area contributed by atoms with E-state index in [1.165, 1.54) is 25.7 Å². The summed E-state index contributed by atoms with van der Waals surface area (Å²) in [7, 11) is -2.76. The fraction of sp³-hybridized carbons (Fsp3) is 0.917. The smallest absolute Gasteiger partial charge is 0.157 e. The average molecular weight is 288 g/mol. The highest BCUT2D eigenvalue weighted by molar-refractivity contribution is 8.14. The normalized spacial score (nSPS) is 35.3. The number of nitrogens with zero attached hydrogens (tertiary/aromatic N) is 1. The molecular formula is C12H20N2O2S2. The summed E-state index contributed by atoms with van der Waals surface area (Å²) in [6.45, 7) is 0.671. The molecule has 3 fully saturated rings. The Hall–Kier alpha value is -0.230. The van der Waals surface area contributed by atoms with E-state index in [0.717, 1.165) is 17.3 Å². The Balaban J connectivity index is 1.55. The van der Waals surface area contributed by atoms with Gasteiger partial charge in [-0.15, -0.1) is 0 Å². The lowest BCUT2D eigenvalue weighted by atomic mass is 10.0. The minimum absolute atomic E-state index is 0.241. The molecule has 1 spiro atoms. The molecule has 2 aliphatic heterocycles. The van der Waals surface area contributed by atoms with Gasteiger partial charge in [-0.3, -0.25) is 4.99 Å². The molecule has 0 aromatic heterocycles. The summed E-state index contributed by atoms with van der Waals surface area (Å²) in [5.41, 5.74) is 0.311. The molecular weight excluding hydrogens is 268 g/mol. The van der Waals surface area contributed by atoms with E-state index in [9.17, 15) is 8.42 Å². The largest absolute Gasteiger partial charge is 0.359 e. The van der Waals surface area contributed by atoms with Crippen LogP contribution in [0.3, 0.4) is 0 Å². The quantitative estimate of drug-likeness (QED) is 0.835. The molecule has 0 bridgehead atoms. The van der Waals surface area contributed by atoms with Gasteiger partial charge in [0.25, 0.3) is 0 Å². The molecule has 2 heterocycles. The van der Waals surface area contributed by atoms with Crippen LogP contribution in [-0.2, 0) is 9.84 Å². The van der Waals surface area contributed by atoms with Gasteiger partial charge in [0, 0.05) is 17.8 Å². The van der Waals surface area contributed by atoms with Gasteiger partial charge in [-0.25, -0.2) is 8.42 Å². The Morgan fingerprint density at radius 1 is 1.39 bits per heavy atom. The van der Waals surface area contributed by atoms with Crippen LogP contribution >= 0.6 is 11.8 Å². The fourth-order valence-corrected chi connectivity index (χ4v) is 6.22. The number of rotatable bonds is 2. The van der Waals surface area contributed by atoms with E-state index in [4.69, 9.17) is 0 Å². The first-order valence-corrected chi connectivity index (χ1v) is 9.54. The maximum Gasteiger partial charge on any atom is 0.157 e. The van der Waals surface area contributed by atoms with Gasteiger partial charge in [-0.1, -0.05) is 24.6 Å². The Morgan fingerprint density at radius 2 is 2.17 bits per heavy atom. The third kappa shape index (κ3) is 2.69. The van der Waals surface area contributed by atoms with Crippen molar-refractivity contribution >= 4 is 26.8 Å². The molecule has 1 saturated carbocycles. The van der Waals surface area contributed by atoms with Gasteiger partial charge in [0.15, 0.2) is 15.0 Å². The van der Waals surface area contributed by atoms with Crippen LogP contribution in [0.4, 0.5) is 0 Å². The lowest BCUT2D eigenvalue weighted by Gasteiger charge is -2.21. The van der Waals surface area contributed by atoms with Crippen LogP contribution < -0.4 is 5.32 Å². The lowest BCUT2D eigenvalue weighted by Crippen LogP contribution is -2.40. The van der Waals surface area contributed by atoms with E-state index in [2.05, 4.69) is 10.3 Å². The second kappa shape index (κ2) is 4.71. The topological polar surface area (TPSA) is 58.5 Å². The van der Waals surface area contributed by atoms with E-state index in [1.807, 2.05) is 11.8 Å². The Morgan fingerprint density at radius 3 is 2.83 bits per heavy atom. The number of sulfone groups is 1. The third-order valence-electron chi connectivity index (χ3n) is 4.24. The van der Waals surface area contributed by atoms with Crippen molar-refractivity contribution in [3.05, 3.63) is 0 Å². The first kappa shape index (κ1) is 12.8. The zero-order valence-corrected chi connectivity index (χ0v) is 12.2. The van der Waals surface area contributed by atoms with Crippen LogP contribution in [0.1, 0.15) is 32.1 Å². The number of thioether (sulfide) groups is 1. The zero-order chi connectivity index (χ0) is 12.6. The summed E-state index contributed by atoms with van der Waals surface area (Å²) in [4.78, 5) is 4.59. The summed E-state index contributed by atoms with van der Waals surface area (Å²) in [6.07, 6.45) is 5.95. The second-order valence-corrected chi connectivity index (χ2v) is 9.01. The Kier molecular flexibility index (Phi) is 3.34. The van der Waals surface area contributed by atoms with Crippen LogP contribution in [0.25, 0.3) is 0 Å². The molecule has 1 aliphatic carbocycles. The molecule has 1 N–H and O–H groups in total. The second-order valence-electron chi connectivity index (χ2n) is 5.82. The number of hydrogen-bond acceptors (Lipinski definition) is 4. The van der Waals surface area contributed by atoms with E-state index in [0.29, 0.717) is 23.6 Å². The highest BCUT2D eigenvalue weighted by Gasteiger charge is 2.39. The van der Waals surface area contributed by atoms with Crippen molar-refractivity contribution in [1.29, 1.82) is 0 Å². The molecule has 0 aromatic carbocycles. The number of nitrogens with one attached hydrogen (secondary N) is 1. The van der Waals surface area contributed by atoms with E-state index >= 15 is 0 Å². The Labute approximate surface area is 113 Å². The first-order valence-electron chi connectivity index (χ1n) is 6.73. The van der Waals surface area contributed by atoms with E-state index in [1.54, 1.807) is 0 Å². The maximum atomic E-state index is 11.4. The zero-order valence-electron chi connectivity index (χ0n) is 10.5. The van der Waals surface area contributed by atoms with Gasteiger partial charge in [-0.2, -0.15) is 0 Å². The van der Waals surface area contributed by atoms with Crippen molar-refractivity contribution in [2.24, 2.45) is 10.9 Å². The van der Waals surface area contributed by atoms with Crippen molar-refractivity contribution in [2.75, 3.05) is 23.8 Å². The SMILES string of the molecule is O=S1(=O)CCC(CN=C2NC3(CCCC3)CS2)C1. The molecule has 1 atom stereocenters. The molecule has 0 aromatic rings. The van der Waals surface area contributed by atoms with Gasteiger partial charge < -0.3 is 5.32 Å². The van der Waals surface area contributed by atoms with Crippen LogP contribution in [0.15, 0.2) is 4.99 Å². The maximum absolute atomic E-state index is 11.4. The van der Waals surface area contributed by atoms with Gasteiger partial charge in [0.05, 0.1) is 11.5 Å². The summed E-state index contributed by atoms with van der Waals surface area (Å²) in [5, 5.41) is 4.62. The standard InChI is InChI=1S/C12H20N2O2S2/c15-18(16)6-3-10(8-18)7-13-11-14-12(9-17-11)4-1-2-5-12/h10H,1-9H2,(H,13,14).